The summed E-state index contributed by atoms with van der Waals surface area (Å²) in [5.41, 5.74) is 2.78. The Morgan fingerprint density at radius 2 is 1.78 bits per heavy atom. The Morgan fingerprint density at radius 3 is 2.47 bits per heavy atom. The molecule has 0 atom stereocenters. The molecule has 2 N–H and O–H groups in total. The van der Waals surface area contributed by atoms with Crippen LogP contribution in [-0.4, -0.2) is 18.4 Å². The van der Waals surface area contributed by atoms with Crippen molar-refractivity contribution in [1.82, 2.24) is 0 Å². The summed E-state index contributed by atoms with van der Waals surface area (Å²) in [5, 5.41) is 15.3. The van der Waals surface area contributed by atoms with Crippen LogP contribution in [-0.2, 0) is 9.59 Å². The van der Waals surface area contributed by atoms with Crippen molar-refractivity contribution in [3.63, 3.8) is 0 Å². The fourth-order valence-electron chi connectivity index (χ4n) is 2.79. The molecule has 0 aliphatic heterocycles. The summed E-state index contributed by atoms with van der Waals surface area (Å²) in [6.45, 7) is 1.77. The van der Waals surface area contributed by atoms with Crippen LogP contribution in [0.3, 0.4) is 0 Å². The molecule has 0 fully saturated rings. The summed E-state index contributed by atoms with van der Waals surface area (Å²) in [6, 6.07) is 22.8. The highest BCUT2D eigenvalue weighted by Crippen LogP contribution is 2.18. The third-order valence-electron chi connectivity index (χ3n) is 4.43. The van der Waals surface area contributed by atoms with Crippen LogP contribution in [0.15, 0.2) is 78.4 Å². The lowest BCUT2D eigenvalue weighted by Crippen LogP contribution is -2.20. The summed E-state index contributed by atoms with van der Waals surface area (Å²) in [6.07, 6.45) is 1.47. The van der Waals surface area contributed by atoms with E-state index in [1.165, 1.54) is 6.08 Å². The monoisotopic (exact) mass is 445 g/mol. The van der Waals surface area contributed by atoms with Gasteiger partial charge >= 0.3 is 0 Å². The number of anilines is 2. The molecule has 0 aliphatic carbocycles. The van der Waals surface area contributed by atoms with Gasteiger partial charge in [-0.1, -0.05) is 48.0 Å². The molecule has 7 heteroatoms. The van der Waals surface area contributed by atoms with E-state index in [0.717, 1.165) is 11.3 Å². The van der Waals surface area contributed by atoms with Gasteiger partial charge in [-0.05, 0) is 60.5 Å². The number of nitrogens with zero attached hydrogens (tertiary/aromatic N) is 1. The number of nitrogens with one attached hydrogen (secondary N) is 2. The quantitative estimate of drug-likeness (QED) is 0.385. The highest BCUT2D eigenvalue weighted by molar-refractivity contribution is 6.31. The SMILES string of the molecule is Cc1ccccc1NC(=O)COc1ccc(/C=C(/C#N)C(=O)Nc2cccc(Cl)c2)cc1. The fraction of sp³-hybridized carbons (Fsp3) is 0.0800. The van der Waals surface area contributed by atoms with Gasteiger partial charge in [0.1, 0.15) is 17.4 Å². The van der Waals surface area contributed by atoms with E-state index in [1.54, 1.807) is 48.5 Å². The van der Waals surface area contributed by atoms with Crippen molar-refractivity contribution in [2.45, 2.75) is 6.92 Å². The maximum Gasteiger partial charge on any atom is 0.266 e. The second-order valence-electron chi connectivity index (χ2n) is 6.86. The number of hydrogen-bond acceptors (Lipinski definition) is 4. The molecule has 3 rings (SSSR count). The van der Waals surface area contributed by atoms with Gasteiger partial charge in [0.15, 0.2) is 6.61 Å². The molecule has 32 heavy (non-hydrogen) atoms. The molecule has 0 aromatic heterocycles. The molecule has 0 saturated carbocycles. The van der Waals surface area contributed by atoms with Gasteiger partial charge in [-0.2, -0.15) is 5.26 Å². The second-order valence-corrected chi connectivity index (χ2v) is 7.29. The Bertz CT molecular complexity index is 1200. The van der Waals surface area contributed by atoms with Crippen molar-refractivity contribution in [2.75, 3.05) is 17.2 Å². The van der Waals surface area contributed by atoms with E-state index in [-0.39, 0.29) is 18.1 Å². The van der Waals surface area contributed by atoms with E-state index in [2.05, 4.69) is 10.6 Å². The number of amides is 2. The first-order chi connectivity index (χ1) is 15.4. The Morgan fingerprint density at radius 1 is 1.03 bits per heavy atom. The first-order valence-electron chi connectivity index (χ1n) is 9.71. The number of ether oxygens (including phenoxy) is 1. The summed E-state index contributed by atoms with van der Waals surface area (Å²) in [4.78, 5) is 24.5. The van der Waals surface area contributed by atoms with Gasteiger partial charge in [0.2, 0.25) is 0 Å². The molecule has 0 heterocycles. The van der Waals surface area contributed by atoms with E-state index in [0.29, 0.717) is 22.0 Å². The van der Waals surface area contributed by atoms with Gasteiger partial charge in [0.05, 0.1) is 0 Å². The number of carbonyl (C=O) groups is 2. The van der Waals surface area contributed by atoms with Crippen molar-refractivity contribution < 1.29 is 14.3 Å². The summed E-state index contributed by atoms with van der Waals surface area (Å²) in [7, 11) is 0. The molecule has 3 aromatic rings. The van der Waals surface area contributed by atoms with Crippen molar-refractivity contribution in [3.05, 3.63) is 94.5 Å². The smallest absolute Gasteiger partial charge is 0.266 e. The maximum absolute atomic E-state index is 12.4. The Balaban J connectivity index is 1.58. The lowest BCUT2D eigenvalue weighted by atomic mass is 10.1. The molecule has 3 aromatic carbocycles. The van der Waals surface area contributed by atoms with Crippen LogP contribution in [0.25, 0.3) is 6.08 Å². The summed E-state index contributed by atoms with van der Waals surface area (Å²) in [5.74, 6) is -0.320. The van der Waals surface area contributed by atoms with Gasteiger partial charge in [0.25, 0.3) is 11.8 Å². The normalized spacial score (nSPS) is 10.7. The molecule has 0 saturated heterocycles. The first kappa shape index (κ1) is 22.6. The molecular formula is C25H20ClN3O3. The zero-order chi connectivity index (χ0) is 22.9. The number of hydrogen-bond donors (Lipinski definition) is 2. The third-order valence-corrected chi connectivity index (χ3v) is 4.66. The third kappa shape index (κ3) is 6.46. The Hall–Kier alpha value is -4.08. The van der Waals surface area contributed by atoms with Crippen LogP contribution in [0.4, 0.5) is 11.4 Å². The topological polar surface area (TPSA) is 91.2 Å². The summed E-state index contributed by atoms with van der Waals surface area (Å²) >= 11 is 5.91. The molecule has 0 aliphatic rings. The highest BCUT2D eigenvalue weighted by atomic mass is 35.5. The predicted molar refractivity (Wildman–Crippen MR) is 125 cm³/mol. The number of aryl methyl sites for hydroxylation is 1. The largest absolute Gasteiger partial charge is 0.484 e. The van der Waals surface area contributed by atoms with E-state index >= 15 is 0 Å². The zero-order valence-electron chi connectivity index (χ0n) is 17.3. The molecule has 2 amide bonds. The second kappa shape index (κ2) is 10.8. The summed E-state index contributed by atoms with van der Waals surface area (Å²) < 4.78 is 5.51. The van der Waals surface area contributed by atoms with Crippen LogP contribution in [0.1, 0.15) is 11.1 Å². The average molecular weight is 446 g/mol. The number of carbonyl (C=O) groups excluding carboxylic acids is 2. The van der Waals surface area contributed by atoms with Crippen molar-refractivity contribution in [3.8, 4) is 11.8 Å². The zero-order valence-corrected chi connectivity index (χ0v) is 18.0. The van der Waals surface area contributed by atoms with Crippen molar-refractivity contribution >= 4 is 40.9 Å². The molecular weight excluding hydrogens is 426 g/mol. The van der Waals surface area contributed by atoms with Crippen LogP contribution in [0, 0.1) is 18.3 Å². The van der Waals surface area contributed by atoms with Crippen LogP contribution < -0.4 is 15.4 Å². The molecule has 0 unspecified atom stereocenters. The number of rotatable bonds is 7. The van der Waals surface area contributed by atoms with Crippen molar-refractivity contribution in [1.29, 1.82) is 5.26 Å². The van der Waals surface area contributed by atoms with Crippen LogP contribution >= 0.6 is 11.6 Å². The predicted octanol–water partition coefficient (Wildman–Crippen LogP) is 5.21. The molecule has 6 nitrogen and oxygen atoms in total. The van der Waals surface area contributed by atoms with Gasteiger partial charge < -0.3 is 15.4 Å². The Kier molecular flexibility index (Phi) is 7.63. The van der Waals surface area contributed by atoms with E-state index in [1.807, 2.05) is 37.3 Å². The highest BCUT2D eigenvalue weighted by Gasteiger charge is 2.10. The van der Waals surface area contributed by atoms with E-state index < -0.39 is 5.91 Å². The minimum Gasteiger partial charge on any atom is -0.484 e. The minimum absolute atomic E-state index is 0.0590. The number of para-hydroxylation sites is 1. The maximum atomic E-state index is 12.4. The average Bonchev–Trinajstić information content (AvgIpc) is 2.78. The molecule has 160 valence electrons. The number of benzene rings is 3. The molecule has 0 spiro atoms. The van der Waals surface area contributed by atoms with E-state index in [9.17, 15) is 14.9 Å². The Labute approximate surface area is 191 Å². The standard InChI is InChI=1S/C25H20ClN3O3/c1-17-5-2-3-8-23(17)29-24(30)16-32-22-11-9-18(10-12-22)13-19(15-27)25(31)28-21-7-4-6-20(26)14-21/h2-14H,16H2,1H3,(H,28,31)(H,29,30)/b19-13-. The van der Waals surface area contributed by atoms with E-state index in [4.69, 9.17) is 16.3 Å². The molecule has 0 radical (unpaired) electrons. The fourth-order valence-corrected chi connectivity index (χ4v) is 2.98. The van der Waals surface area contributed by atoms with Gasteiger partial charge in [0, 0.05) is 16.4 Å². The number of nitriles is 1. The number of halogens is 1. The van der Waals surface area contributed by atoms with Crippen LogP contribution in [0.5, 0.6) is 5.75 Å². The van der Waals surface area contributed by atoms with Gasteiger partial charge in [-0.15, -0.1) is 0 Å². The minimum atomic E-state index is -0.539. The first-order valence-corrected chi connectivity index (χ1v) is 10.1. The molecule has 0 bridgehead atoms. The lowest BCUT2D eigenvalue weighted by molar-refractivity contribution is -0.118. The lowest BCUT2D eigenvalue weighted by Gasteiger charge is -2.09. The van der Waals surface area contributed by atoms with Crippen molar-refractivity contribution in [2.24, 2.45) is 0 Å². The van der Waals surface area contributed by atoms with Gasteiger partial charge in [-0.3, -0.25) is 9.59 Å². The van der Waals surface area contributed by atoms with Gasteiger partial charge in [-0.25, -0.2) is 0 Å². The van der Waals surface area contributed by atoms with Crippen LogP contribution in [0.2, 0.25) is 5.02 Å².